The van der Waals surface area contributed by atoms with Gasteiger partial charge in [-0.2, -0.15) is 5.10 Å². The van der Waals surface area contributed by atoms with Gasteiger partial charge in [0.25, 0.3) is 5.91 Å². The molecule has 0 aromatic carbocycles. The number of thiocarbonyl (C=S) groups is 1. The molecular formula is C16H27N5OS. The highest BCUT2D eigenvalue weighted by molar-refractivity contribution is 7.80. The van der Waals surface area contributed by atoms with Crippen LogP contribution in [-0.2, 0) is 12.5 Å². The summed E-state index contributed by atoms with van der Waals surface area (Å²) in [6.07, 6.45) is 1.92. The van der Waals surface area contributed by atoms with Crippen LogP contribution >= 0.6 is 12.2 Å². The molecule has 1 saturated heterocycles. The van der Waals surface area contributed by atoms with Crippen LogP contribution in [0.2, 0.25) is 0 Å². The van der Waals surface area contributed by atoms with Gasteiger partial charge in [-0.3, -0.25) is 14.5 Å². The fourth-order valence-electron chi connectivity index (χ4n) is 2.52. The number of aromatic nitrogens is 2. The Morgan fingerprint density at radius 3 is 2.57 bits per heavy atom. The number of aryl methyl sites for hydroxylation is 1. The third-order valence-electron chi connectivity index (χ3n) is 3.89. The third-order valence-corrected chi connectivity index (χ3v) is 4.25. The fraction of sp³-hybridized carbons (Fsp3) is 0.688. The molecule has 128 valence electrons. The molecule has 0 atom stereocenters. The van der Waals surface area contributed by atoms with E-state index in [1.54, 1.807) is 9.69 Å². The van der Waals surface area contributed by atoms with Gasteiger partial charge in [0.2, 0.25) is 0 Å². The first-order valence-corrected chi connectivity index (χ1v) is 8.58. The molecule has 1 N–H and O–H groups in total. The number of hydrogen-bond acceptors (Lipinski definition) is 3. The SMILES string of the molecule is CCCNC(=S)N1CCCN1C(=O)c1cc(C(C)(C)C)nn1C. The number of amides is 1. The highest BCUT2D eigenvalue weighted by atomic mass is 32.1. The Morgan fingerprint density at radius 2 is 2.00 bits per heavy atom. The topological polar surface area (TPSA) is 53.4 Å². The van der Waals surface area contributed by atoms with Gasteiger partial charge in [-0.05, 0) is 31.1 Å². The van der Waals surface area contributed by atoms with E-state index in [1.165, 1.54) is 0 Å². The maximum atomic E-state index is 12.9. The zero-order chi connectivity index (χ0) is 17.2. The number of carbonyl (C=O) groups excluding carboxylic acids is 1. The Kier molecular flexibility index (Phi) is 5.29. The maximum absolute atomic E-state index is 12.9. The highest BCUT2D eigenvalue weighted by Crippen LogP contribution is 2.23. The quantitative estimate of drug-likeness (QED) is 0.856. The lowest BCUT2D eigenvalue weighted by Crippen LogP contribution is -2.49. The lowest BCUT2D eigenvalue weighted by Gasteiger charge is -2.30. The molecule has 2 rings (SSSR count). The van der Waals surface area contributed by atoms with E-state index in [9.17, 15) is 4.79 Å². The van der Waals surface area contributed by atoms with E-state index in [0.29, 0.717) is 17.4 Å². The Labute approximate surface area is 143 Å². The second-order valence-electron chi connectivity index (χ2n) is 6.93. The zero-order valence-corrected chi connectivity index (χ0v) is 15.5. The summed E-state index contributed by atoms with van der Waals surface area (Å²) < 4.78 is 1.67. The number of nitrogens with one attached hydrogen (secondary N) is 1. The number of rotatable bonds is 3. The van der Waals surface area contributed by atoms with Crippen LogP contribution in [0.5, 0.6) is 0 Å². The van der Waals surface area contributed by atoms with Gasteiger partial charge in [0.05, 0.1) is 5.69 Å². The van der Waals surface area contributed by atoms with Crippen LogP contribution in [0.1, 0.15) is 56.7 Å². The van der Waals surface area contributed by atoms with Crippen molar-refractivity contribution in [3.05, 3.63) is 17.5 Å². The van der Waals surface area contributed by atoms with Gasteiger partial charge in [-0.25, -0.2) is 5.01 Å². The van der Waals surface area contributed by atoms with Gasteiger partial charge in [0, 0.05) is 32.1 Å². The molecule has 1 aliphatic heterocycles. The molecule has 1 aromatic heterocycles. The molecular weight excluding hydrogens is 310 g/mol. The summed E-state index contributed by atoms with van der Waals surface area (Å²) in [5, 5.41) is 11.9. The van der Waals surface area contributed by atoms with Crippen LogP contribution in [0, 0.1) is 0 Å². The lowest BCUT2D eigenvalue weighted by atomic mass is 9.92. The Balaban J connectivity index is 2.19. The molecule has 2 heterocycles. The molecule has 7 heteroatoms. The first-order chi connectivity index (χ1) is 10.8. The molecule has 0 aliphatic carbocycles. The van der Waals surface area contributed by atoms with Gasteiger partial charge in [0.15, 0.2) is 5.11 Å². The monoisotopic (exact) mass is 337 g/mol. The van der Waals surface area contributed by atoms with Crippen molar-refractivity contribution >= 4 is 23.2 Å². The molecule has 0 spiro atoms. The van der Waals surface area contributed by atoms with E-state index < -0.39 is 0 Å². The van der Waals surface area contributed by atoms with Crippen molar-refractivity contribution in [2.24, 2.45) is 7.05 Å². The molecule has 0 saturated carbocycles. The van der Waals surface area contributed by atoms with Gasteiger partial charge in [-0.1, -0.05) is 27.7 Å². The van der Waals surface area contributed by atoms with Gasteiger partial charge in [0.1, 0.15) is 5.69 Å². The molecule has 23 heavy (non-hydrogen) atoms. The standard InChI is InChI=1S/C16H27N5OS/c1-6-8-17-15(23)21-10-7-9-20(21)14(22)12-11-13(16(2,3)4)18-19(12)5/h11H,6-10H2,1-5H3,(H,17,23). The van der Waals surface area contributed by atoms with E-state index >= 15 is 0 Å². The van der Waals surface area contributed by atoms with Gasteiger partial charge < -0.3 is 5.32 Å². The van der Waals surface area contributed by atoms with Crippen molar-refractivity contribution in [2.75, 3.05) is 19.6 Å². The number of carbonyl (C=O) groups is 1. The van der Waals surface area contributed by atoms with E-state index in [0.717, 1.165) is 31.6 Å². The van der Waals surface area contributed by atoms with Crippen LogP contribution in [-0.4, -0.2) is 50.5 Å². The minimum Gasteiger partial charge on any atom is -0.361 e. The van der Waals surface area contributed by atoms with Crippen molar-refractivity contribution in [3.8, 4) is 0 Å². The van der Waals surface area contributed by atoms with Gasteiger partial charge in [-0.15, -0.1) is 0 Å². The van der Waals surface area contributed by atoms with E-state index in [2.05, 4.69) is 38.1 Å². The van der Waals surface area contributed by atoms with Crippen molar-refractivity contribution in [1.82, 2.24) is 25.1 Å². The van der Waals surface area contributed by atoms with Crippen LogP contribution < -0.4 is 5.32 Å². The Morgan fingerprint density at radius 1 is 1.35 bits per heavy atom. The summed E-state index contributed by atoms with van der Waals surface area (Å²) in [4.78, 5) is 12.9. The molecule has 0 radical (unpaired) electrons. The van der Waals surface area contributed by atoms with Crippen LogP contribution in [0.15, 0.2) is 6.07 Å². The van der Waals surface area contributed by atoms with Crippen LogP contribution in [0.4, 0.5) is 0 Å². The normalized spacial score (nSPS) is 15.2. The maximum Gasteiger partial charge on any atom is 0.290 e. The third kappa shape index (κ3) is 3.83. The predicted octanol–water partition coefficient (Wildman–Crippen LogP) is 2.06. The largest absolute Gasteiger partial charge is 0.361 e. The highest BCUT2D eigenvalue weighted by Gasteiger charge is 2.32. The van der Waals surface area contributed by atoms with E-state index in [-0.39, 0.29) is 11.3 Å². The van der Waals surface area contributed by atoms with Crippen molar-refractivity contribution < 1.29 is 4.79 Å². The van der Waals surface area contributed by atoms with Crippen molar-refractivity contribution in [1.29, 1.82) is 0 Å². The fourth-order valence-corrected chi connectivity index (χ4v) is 2.82. The smallest absolute Gasteiger partial charge is 0.290 e. The molecule has 1 aromatic rings. The van der Waals surface area contributed by atoms with Crippen LogP contribution in [0.25, 0.3) is 0 Å². The molecule has 1 aliphatic rings. The predicted molar refractivity (Wildman–Crippen MR) is 95.2 cm³/mol. The Hall–Kier alpha value is -1.63. The molecule has 1 fully saturated rings. The zero-order valence-electron chi connectivity index (χ0n) is 14.7. The molecule has 0 unspecified atom stereocenters. The molecule has 0 bridgehead atoms. The minimum absolute atomic E-state index is 0.0475. The number of hydrazine groups is 1. The minimum atomic E-state index is -0.0844. The first kappa shape index (κ1) is 17.7. The average molecular weight is 337 g/mol. The summed E-state index contributed by atoms with van der Waals surface area (Å²) in [5.41, 5.74) is 1.43. The van der Waals surface area contributed by atoms with Crippen molar-refractivity contribution in [3.63, 3.8) is 0 Å². The van der Waals surface area contributed by atoms with Gasteiger partial charge >= 0.3 is 0 Å². The number of nitrogens with zero attached hydrogens (tertiary/aromatic N) is 4. The van der Waals surface area contributed by atoms with Crippen LogP contribution in [0.3, 0.4) is 0 Å². The molecule has 6 nitrogen and oxygen atoms in total. The Bertz CT molecular complexity index is 590. The summed E-state index contributed by atoms with van der Waals surface area (Å²) in [6, 6.07) is 1.89. The van der Waals surface area contributed by atoms with E-state index in [4.69, 9.17) is 12.2 Å². The average Bonchev–Trinajstić information content (AvgIpc) is 3.10. The summed E-state index contributed by atoms with van der Waals surface area (Å²) in [7, 11) is 1.82. The first-order valence-electron chi connectivity index (χ1n) is 8.17. The molecule has 1 amide bonds. The van der Waals surface area contributed by atoms with Crippen molar-refractivity contribution in [2.45, 2.75) is 46.0 Å². The summed E-state index contributed by atoms with van der Waals surface area (Å²) >= 11 is 5.42. The van der Waals surface area contributed by atoms with E-state index in [1.807, 2.05) is 18.1 Å². The second-order valence-corrected chi connectivity index (χ2v) is 7.31. The lowest BCUT2D eigenvalue weighted by molar-refractivity contribution is 0.0480. The number of hydrogen-bond donors (Lipinski definition) is 1. The summed E-state index contributed by atoms with van der Waals surface area (Å²) in [6.45, 7) is 10.6. The second kappa shape index (κ2) is 6.86. The summed E-state index contributed by atoms with van der Waals surface area (Å²) in [5.74, 6) is -0.0475.